The van der Waals surface area contributed by atoms with Crippen LogP contribution in [0.5, 0.6) is 0 Å². The molecule has 1 aromatic rings. The van der Waals surface area contributed by atoms with Gasteiger partial charge in [0.25, 0.3) is 0 Å². The van der Waals surface area contributed by atoms with Crippen molar-refractivity contribution in [3.8, 4) is 0 Å². The van der Waals surface area contributed by atoms with Crippen LogP contribution in [0, 0.1) is 0 Å². The van der Waals surface area contributed by atoms with Gasteiger partial charge in [0.1, 0.15) is 0 Å². The fourth-order valence-electron chi connectivity index (χ4n) is 3.03. The van der Waals surface area contributed by atoms with Crippen LogP contribution in [-0.2, 0) is 26.7 Å². The molecule has 0 spiro atoms. The summed E-state index contributed by atoms with van der Waals surface area (Å²) in [5.74, 6) is -3.11. The minimum Gasteiger partial charge on any atom is -0.454 e. The first-order valence-electron chi connectivity index (χ1n) is 8.08. The van der Waals surface area contributed by atoms with Crippen molar-refractivity contribution in [1.29, 1.82) is 0 Å². The largest absolute Gasteiger partial charge is 0.454 e. The smallest absolute Gasteiger partial charge is 0.417 e. The summed E-state index contributed by atoms with van der Waals surface area (Å²) in [6.45, 7) is 0.457. The first-order chi connectivity index (χ1) is 12.8. The standard InChI is InChI=1S/C17H15F6NO4/c1-9(25)24-7-3-6-12(24)13(26)8-28-15(27)14-10(16(18,19)20)4-2-5-11(14)17(21,22)23/h2,4-5,12H,3,6-8H2,1H3/t12-/m0/s1. The number of hydrogen-bond donors (Lipinski definition) is 0. The van der Waals surface area contributed by atoms with Crippen LogP contribution in [0.25, 0.3) is 0 Å². The van der Waals surface area contributed by atoms with E-state index in [0.29, 0.717) is 24.6 Å². The molecular weight excluding hydrogens is 396 g/mol. The summed E-state index contributed by atoms with van der Waals surface area (Å²) in [5, 5.41) is 0. The highest BCUT2D eigenvalue weighted by Crippen LogP contribution is 2.39. The number of alkyl halides is 6. The molecule has 0 N–H and O–H groups in total. The average Bonchev–Trinajstić information content (AvgIpc) is 3.07. The molecule has 1 aromatic carbocycles. The second-order valence-electron chi connectivity index (χ2n) is 6.14. The van der Waals surface area contributed by atoms with Crippen LogP contribution < -0.4 is 0 Å². The van der Waals surface area contributed by atoms with Crippen molar-refractivity contribution in [3.05, 3.63) is 34.9 Å². The quantitative estimate of drug-likeness (QED) is 0.563. The van der Waals surface area contributed by atoms with Crippen molar-refractivity contribution in [2.75, 3.05) is 13.2 Å². The molecule has 1 heterocycles. The van der Waals surface area contributed by atoms with Gasteiger partial charge in [-0.1, -0.05) is 6.07 Å². The number of ether oxygens (including phenoxy) is 1. The molecule has 0 saturated carbocycles. The first-order valence-corrected chi connectivity index (χ1v) is 8.08. The molecule has 0 bridgehead atoms. The van der Waals surface area contributed by atoms with Crippen molar-refractivity contribution >= 4 is 17.7 Å². The molecule has 1 amide bonds. The summed E-state index contributed by atoms with van der Waals surface area (Å²) in [6, 6.07) is 0.242. The number of Topliss-reactive ketones (excluding diaryl/α,β-unsaturated/α-hetero) is 1. The number of nitrogens with zero attached hydrogens (tertiary/aromatic N) is 1. The van der Waals surface area contributed by atoms with E-state index in [0.717, 1.165) is 0 Å². The number of carbonyl (C=O) groups excluding carboxylic acids is 3. The summed E-state index contributed by atoms with van der Waals surface area (Å²) < 4.78 is 82.9. The Labute approximate surface area is 155 Å². The summed E-state index contributed by atoms with van der Waals surface area (Å²) >= 11 is 0. The van der Waals surface area contributed by atoms with Crippen LogP contribution in [-0.4, -0.2) is 41.8 Å². The molecule has 0 aliphatic carbocycles. The molecule has 1 aliphatic heterocycles. The SMILES string of the molecule is CC(=O)N1CCC[C@H]1C(=O)COC(=O)c1c(C(F)(F)F)cccc1C(F)(F)F. The summed E-state index contributed by atoms with van der Waals surface area (Å²) in [7, 11) is 0. The Kier molecular flexibility index (Phi) is 6.05. The van der Waals surface area contributed by atoms with Crippen molar-refractivity contribution in [1.82, 2.24) is 4.90 Å². The third-order valence-electron chi connectivity index (χ3n) is 4.25. The molecule has 5 nitrogen and oxygen atoms in total. The third kappa shape index (κ3) is 4.63. The molecule has 1 aliphatic rings. The topological polar surface area (TPSA) is 63.7 Å². The van der Waals surface area contributed by atoms with Crippen molar-refractivity contribution in [3.63, 3.8) is 0 Å². The van der Waals surface area contributed by atoms with E-state index >= 15 is 0 Å². The van der Waals surface area contributed by atoms with Gasteiger partial charge in [0, 0.05) is 13.5 Å². The zero-order valence-corrected chi connectivity index (χ0v) is 14.5. The van der Waals surface area contributed by atoms with E-state index < -0.39 is 59.4 Å². The number of esters is 1. The Morgan fingerprint density at radius 1 is 1.07 bits per heavy atom. The molecule has 2 rings (SSSR count). The minimum absolute atomic E-state index is 0.267. The van der Waals surface area contributed by atoms with E-state index in [1.165, 1.54) is 11.8 Å². The highest BCUT2D eigenvalue weighted by atomic mass is 19.4. The van der Waals surface area contributed by atoms with Gasteiger partial charge in [0.2, 0.25) is 5.91 Å². The number of ketones is 1. The number of halogens is 6. The lowest BCUT2D eigenvalue weighted by Gasteiger charge is -2.22. The van der Waals surface area contributed by atoms with E-state index in [-0.39, 0.29) is 13.0 Å². The predicted octanol–water partition coefficient (Wildman–Crippen LogP) is 3.46. The van der Waals surface area contributed by atoms with Crippen LogP contribution in [0.15, 0.2) is 18.2 Å². The lowest BCUT2D eigenvalue weighted by molar-refractivity contribution is -0.144. The van der Waals surface area contributed by atoms with Gasteiger partial charge in [-0.15, -0.1) is 0 Å². The first kappa shape index (κ1) is 21.7. The van der Waals surface area contributed by atoms with Gasteiger partial charge in [-0.2, -0.15) is 26.3 Å². The molecule has 154 valence electrons. The average molecular weight is 411 g/mol. The molecule has 1 saturated heterocycles. The molecule has 1 fully saturated rings. The number of carbonyl (C=O) groups is 3. The second kappa shape index (κ2) is 7.80. The van der Waals surface area contributed by atoms with Crippen molar-refractivity contribution in [2.45, 2.75) is 38.2 Å². The number of amides is 1. The summed E-state index contributed by atoms with van der Waals surface area (Å²) in [5.41, 5.74) is -5.33. The van der Waals surface area contributed by atoms with E-state index in [1.54, 1.807) is 0 Å². The van der Waals surface area contributed by atoms with E-state index in [4.69, 9.17) is 0 Å². The Bertz CT molecular complexity index is 755. The Morgan fingerprint density at radius 2 is 1.61 bits per heavy atom. The monoisotopic (exact) mass is 411 g/mol. The molecule has 0 aromatic heterocycles. The lowest BCUT2D eigenvalue weighted by Crippen LogP contribution is -2.41. The van der Waals surface area contributed by atoms with Gasteiger partial charge in [-0.3, -0.25) is 9.59 Å². The van der Waals surface area contributed by atoms with Crippen molar-refractivity contribution in [2.24, 2.45) is 0 Å². The van der Waals surface area contributed by atoms with E-state index in [9.17, 15) is 40.7 Å². The van der Waals surface area contributed by atoms with Gasteiger partial charge in [0.05, 0.1) is 22.7 Å². The molecule has 28 heavy (non-hydrogen) atoms. The van der Waals surface area contributed by atoms with Crippen molar-refractivity contribution < 1.29 is 45.5 Å². The second-order valence-corrected chi connectivity index (χ2v) is 6.14. The lowest BCUT2D eigenvalue weighted by atomic mass is 10.00. The number of likely N-dealkylation sites (tertiary alicyclic amines) is 1. The maximum atomic E-state index is 13.1. The van der Waals surface area contributed by atoms with E-state index in [1.807, 2.05) is 0 Å². The fourth-order valence-corrected chi connectivity index (χ4v) is 3.03. The van der Waals surface area contributed by atoms with Gasteiger partial charge < -0.3 is 9.64 Å². The molecule has 0 radical (unpaired) electrons. The zero-order valence-electron chi connectivity index (χ0n) is 14.5. The van der Waals surface area contributed by atoms with Crippen LogP contribution in [0.3, 0.4) is 0 Å². The highest BCUT2D eigenvalue weighted by Gasteiger charge is 2.43. The summed E-state index contributed by atoms with van der Waals surface area (Å²) in [4.78, 5) is 36.9. The predicted molar refractivity (Wildman–Crippen MR) is 82.1 cm³/mol. The summed E-state index contributed by atoms with van der Waals surface area (Å²) in [6.07, 6.45) is -9.71. The number of hydrogen-bond acceptors (Lipinski definition) is 4. The Balaban J connectivity index is 2.27. The van der Waals surface area contributed by atoms with Crippen LogP contribution >= 0.6 is 0 Å². The molecule has 1 atom stereocenters. The van der Waals surface area contributed by atoms with Gasteiger partial charge in [-0.05, 0) is 25.0 Å². The molecule has 0 unspecified atom stereocenters. The maximum Gasteiger partial charge on any atom is 0.417 e. The van der Waals surface area contributed by atoms with Crippen LogP contribution in [0.2, 0.25) is 0 Å². The fraction of sp³-hybridized carbons (Fsp3) is 0.471. The van der Waals surface area contributed by atoms with E-state index in [2.05, 4.69) is 4.74 Å². The Morgan fingerprint density at radius 3 is 2.07 bits per heavy atom. The minimum atomic E-state index is -5.24. The van der Waals surface area contributed by atoms with Crippen LogP contribution in [0.4, 0.5) is 26.3 Å². The molecular formula is C17H15F6NO4. The Hall–Kier alpha value is -2.59. The van der Waals surface area contributed by atoms with Gasteiger partial charge in [0.15, 0.2) is 12.4 Å². The van der Waals surface area contributed by atoms with Crippen LogP contribution in [0.1, 0.15) is 41.3 Å². The maximum absolute atomic E-state index is 13.1. The zero-order chi connectivity index (χ0) is 21.3. The number of benzene rings is 1. The number of rotatable bonds is 4. The molecule has 11 heteroatoms. The normalized spacial score (nSPS) is 17.5. The highest BCUT2D eigenvalue weighted by molar-refractivity contribution is 5.96. The third-order valence-corrected chi connectivity index (χ3v) is 4.25. The van der Waals surface area contributed by atoms with Gasteiger partial charge in [-0.25, -0.2) is 4.79 Å². The van der Waals surface area contributed by atoms with Gasteiger partial charge >= 0.3 is 18.3 Å².